The van der Waals surface area contributed by atoms with Gasteiger partial charge in [-0.05, 0) is 57.0 Å². The van der Waals surface area contributed by atoms with Gasteiger partial charge in [0.25, 0.3) is 0 Å². The third-order valence-electron chi connectivity index (χ3n) is 5.54. The van der Waals surface area contributed by atoms with E-state index in [1.54, 1.807) is 45.4 Å². The molecular weight excluding hydrogens is 482 g/mol. The highest BCUT2D eigenvalue weighted by molar-refractivity contribution is 7.69. The molecule has 0 aliphatic heterocycles. The van der Waals surface area contributed by atoms with Crippen LogP contribution in [0.25, 0.3) is 22.0 Å². The molecular formula is C25H22ClF3N3OP. The number of aromatic nitrogens is 2. The van der Waals surface area contributed by atoms with Gasteiger partial charge in [-0.3, -0.25) is 9.97 Å². The van der Waals surface area contributed by atoms with Gasteiger partial charge in [-0.15, -0.1) is 0 Å². The van der Waals surface area contributed by atoms with Gasteiger partial charge in [0.2, 0.25) is 0 Å². The van der Waals surface area contributed by atoms with Crippen molar-refractivity contribution in [3.8, 4) is 11.1 Å². The van der Waals surface area contributed by atoms with E-state index < -0.39 is 30.6 Å². The lowest BCUT2D eigenvalue weighted by molar-refractivity contribution is 0.577. The summed E-state index contributed by atoms with van der Waals surface area (Å²) in [5.74, 6) is -1.87. The maximum Gasteiger partial charge on any atom is 0.133 e. The molecule has 0 unspecified atom stereocenters. The number of benzene rings is 2. The van der Waals surface area contributed by atoms with Crippen LogP contribution >= 0.6 is 18.7 Å². The summed E-state index contributed by atoms with van der Waals surface area (Å²) in [6.07, 6.45) is 1.48. The lowest BCUT2D eigenvalue weighted by Gasteiger charge is -2.20. The highest BCUT2D eigenvalue weighted by Crippen LogP contribution is 2.39. The zero-order valence-electron chi connectivity index (χ0n) is 19.0. The van der Waals surface area contributed by atoms with Gasteiger partial charge in [0, 0.05) is 40.9 Å². The van der Waals surface area contributed by atoms with Crippen molar-refractivity contribution in [2.24, 2.45) is 0 Å². The number of hydrogen-bond donors (Lipinski definition) is 1. The van der Waals surface area contributed by atoms with Crippen LogP contribution in [0, 0.1) is 24.4 Å². The number of fused-ring (bicyclic) bond motifs is 1. The summed E-state index contributed by atoms with van der Waals surface area (Å²) in [6, 6.07) is 8.99. The first-order chi connectivity index (χ1) is 15.9. The fourth-order valence-electron chi connectivity index (χ4n) is 3.74. The molecule has 0 amide bonds. The largest absolute Gasteiger partial charge is 0.377 e. The second kappa shape index (κ2) is 9.05. The standard InChI is InChI=1S/C25H22ClF3N3OP/c1-13(16-7-17(27)9-18(28)8-16)32-25-20-10-19(15-5-6-23(30-12-15)34(3,4)33)21(29)11-22(20)31-14(2)24(25)26/h5-13H,1-4H3,(H,31,32)/t13-/m1/s1. The fourth-order valence-corrected chi connectivity index (χ4v) is 4.70. The SMILES string of the molecule is Cc1nc2cc(F)c(-c3ccc(P(C)(C)=O)nc3)cc2c(N[C@H](C)c2cc(F)cc(F)c2)c1Cl. The smallest absolute Gasteiger partial charge is 0.133 e. The second-order valence-corrected chi connectivity index (χ2v) is 12.1. The molecule has 2 aromatic carbocycles. The molecule has 4 rings (SSSR count). The van der Waals surface area contributed by atoms with E-state index in [1.807, 2.05) is 0 Å². The van der Waals surface area contributed by atoms with E-state index in [1.165, 1.54) is 24.4 Å². The van der Waals surface area contributed by atoms with Crippen molar-refractivity contribution in [2.75, 3.05) is 18.6 Å². The van der Waals surface area contributed by atoms with Crippen molar-refractivity contribution in [3.05, 3.63) is 82.4 Å². The first kappa shape index (κ1) is 24.2. The third kappa shape index (κ3) is 4.82. The molecule has 0 aliphatic rings. The molecule has 9 heteroatoms. The molecule has 0 radical (unpaired) electrons. The van der Waals surface area contributed by atoms with Gasteiger partial charge in [0.05, 0.1) is 27.4 Å². The topological polar surface area (TPSA) is 54.9 Å². The number of aryl methyl sites for hydroxylation is 1. The van der Waals surface area contributed by atoms with E-state index in [0.29, 0.717) is 43.9 Å². The number of rotatable bonds is 5. The Kier molecular flexibility index (Phi) is 6.45. The first-order valence-corrected chi connectivity index (χ1v) is 13.5. The third-order valence-corrected chi connectivity index (χ3v) is 7.37. The molecule has 1 atom stereocenters. The number of hydrogen-bond acceptors (Lipinski definition) is 4. The van der Waals surface area contributed by atoms with Crippen LogP contribution < -0.4 is 10.8 Å². The summed E-state index contributed by atoms with van der Waals surface area (Å²) >= 11 is 6.57. The highest BCUT2D eigenvalue weighted by Gasteiger charge is 2.19. The van der Waals surface area contributed by atoms with E-state index in [9.17, 15) is 13.3 Å². The monoisotopic (exact) mass is 503 g/mol. The van der Waals surface area contributed by atoms with E-state index >= 15 is 4.39 Å². The van der Waals surface area contributed by atoms with Crippen molar-refractivity contribution in [3.63, 3.8) is 0 Å². The summed E-state index contributed by atoms with van der Waals surface area (Å²) in [5.41, 5.74) is 2.94. The van der Waals surface area contributed by atoms with Gasteiger partial charge in [0.15, 0.2) is 0 Å². The van der Waals surface area contributed by atoms with E-state index in [4.69, 9.17) is 11.6 Å². The van der Waals surface area contributed by atoms with Crippen LogP contribution in [0.1, 0.15) is 24.2 Å². The molecule has 176 valence electrons. The van der Waals surface area contributed by atoms with Crippen LogP contribution in [-0.2, 0) is 4.57 Å². The molecule has 0 saturated heterocycles. The number of anilines is 1. The average molecular weight is 504 g/mol. The molecule has 34 heavy (non-hydrogen) atoms. The minimum Gasteiger partial charge on any atom is -0.377 e. The van der Waals surface area contributed by atoms with Crippen LogP contribution in [0.15, 0.2) is 48.7 Å². The van der Waals surface area contributed by atoms with Crippen LogP contribution in [-0.4, -0.2) is 23.3 Å². The Morgan fingerprint density at radius 2 is 1.71 bits per heavy atom. The van der Waals surface area contributed by atoms with Crippen LogP contribution in [0.4, 0.5) is 18.9 Å². The minimum absolute atomic E-state index is 0.266. The van der Waals surface area contributed by atoms with Crippen molar-refractivity contribution in [2.45, 2.75) is 19.9 Å². The Labute approximate surface area is 200 Å². The number of nitrogens with zero attached hydrogens (tertiary/aromatic N) is 2. The highest BCUT2D eigenvalue weighted by atomic mass is 35.5. The van der Waals surface area contributed by atoms with Crippen molar-refractivity contribution in [1.29, 1.82) is 0 Å². The molecule has 0 fully saturated rings. The summed E-state index contributed by atoms with van der Waals surface area (Å²) in [4.78, 5) is 8.65. The quantitative estimate of drug-likeness (QED) is 0.295. The summed E-state index contributed by atoms with van der Waals surface area (Å²) in [6.45, 7) is 6.67. The van der Waals surface area contributed by atoms with Crippen molar-refractivity contribution < 1.29 is 17.7 Å². The molecule has 0 aliphatic carbocycles. The molecule has 0 spiro atoms. The van der Waals surface area contributed by atoms with Gasteiger partial charge in [0.1, 0.15) is 24.6 Å². The summed E-state index contributed by atoms with van der Waals surface area (Å²) in [5, 5.41) is 4.07. The lowest BCUT2D eigenvalue weighted by atomic mass is 10.0. The maximum atomic E-state index is 15.1. The van der Waals surface area contributed by atoms with Gasteiger partial charge in [-0.25, -0.2) is 13.2 Å². The number of pyridine rings is 2. The Morgan fingerprint density at radius 3 is 2.29 bits per heavy atom. The molecule has 2 aromatic heterocycles. The van der Waals surface area contributed by atoms with Crippen LogP contribution in [0.2, 0.25) is 5.02 Å². The zero-order valence-corrected chi connectivity index (χ0v) is 20.6. The molecule has 2 heterocycles. The van der Waals surface area contributed by atoms with E-state index in [-0.39, 0.29) is 5.56 Å². The molecule has 4 aromatic rings. The summed E-state index contributed by atoms with van der Waals surface area (Å²) in [7, 11) is -2.55. The Hall–Kier alpha value is -2.89. The molecule has 4 nitrogen and oxygen atoms in total. The number of nitrogens with one attached hydrogen (secondary N) is 1. The second-order valence-electron chi connectivity index (χ2n) is 8.56. The average Bonchev–Trinajstić information content (AvgIpc) is 2.75. The summed E-state index contributed by atoms with van der Waals surface area (Å²) < 4.78 is 54.8. The van der Waals surface area contributed by atoms with Gasteiger partial charge >= 0.3 is 0 Å². The maximum absolute atomic E-state index is 15.1. The number of halogens is 4. The van der Waals surface area contributed by atoms with Crippen molar-refractivity contribution >= 4 is 40.8 Å². The van der Waals surface area contributed by atoms with E-state index in [2.05, 4.69) is 15.3 Å². The predicted molar refractivity (Wildman–Crippen MR) is 132 cm³/mol. The van der Waals surface area contributed by atoms with Gasteiger partial charge < -0.3 is 9.88 Å². The Morgan fingerprint density at radius 1 is 1.03 bits per heavy atom. The lowest BCUT2D eigenvalue weighted by Crippen LogP contribution is -2.10. The van der Waals surface area contributed by atoms with Gasteiger partial charge in [-0.1, -0.05) is 17.7 Å². The first-order valence-electron chi connectivity index (χ1n) is 10.5. The molecule has 1 N–H and O–H groups in total. The molecule has 0 bridgehead atoms. The predicted octanol–water partition coefficient (Wildman–Crippen LogP) is 7.10. The Balaban J connectivity index is 1.83. The Bertz CT molecular complexity index is 1430. The minimum atomic E-state index is -2.55. The van der Waals surface area contributed by atoms with Crippen molar-refractivity contribution in [1.82, 2.24) is 9.97 Å². The van der Waals surface area contributed by atoms with Crippen LogP contribution in [0.3, 0.4) is 0 Å². The zero-order chi connectivity index (χ0) is 24.8. The van der Waals surface area contributed by atoms with Gasteiger partial charge in [-0.2, -0.15) is 0 Å². The molecule has 0 saturated carbocycles. The normalized spacial score (nSPS) is 12.7. The van der Waals surface area contributed by atoms with E-state index in [0.717, 1.165) is 6.07 Å². The fraction of sp³-hybridized carbons (Fsp3) is 0.200. The van der Waals surface area contributed by atoms with Crippen LogP contribution in [0.5, 0.6) is 0 Å².